The van der Waals surface area contributed by atoms with Crippen LogP contribution in [0.15, 0.2) is 54.7 Å². The highest BCUT2D eigenvalue weighted by Crippen LogP contribution is 2.20. The molecule has 0 amide bonds. The molecule has 24 heavy (non-hydrogen) atoms. The maximum atomic E-state index is 4.74. The Morgan fingerprint density at radius 3 is 2.88 bits per heavy atom. The Kier molecular flexibility index (Phi) is 4.13. The molecule has 0 aliphatic carbocycles. The van der Waals surface area contributed by atoms with Crippen LogP contribution in [-0.2, 0) is 6.54 Å². The number of nitrogens with zero attached hydrogens (tertiary/aromatic N) is 3. The number of anilines is 1. The van der Waals surface area contributed by atoms with Gasteiger partial charge < -0.3 is 5.32 Å². The van der Waals surface area contributed by atoms with Crippen molar-refractivity contribution in [2.45, 2.75) is 25.9 Å². The van der Waals surface area contributed by atoms with Gasteiger partial charge in [0.2, 0.25) is 0 Å². The van der Waals surface area contributed by atoms with Gasteiger partial charge in [0, 0.05) is 43.0 Å². The summed E-state index contributed by atoms with van der Waals surface area (Å²) in [5.41, 5.74) is 3.41. The lowest BCUT2D eigenvalue weighted by Gasteiger charge is -2.17. The molecule has 1 aromatic carbocycles. The quantitative estimate of drug-likeness (QED) is 0.797. The van der Waals surface area contributed by atoms with Crippen LogP contribution in [0, 0.1) is 6.92 Å². The normalized spacial score (nSPS) is 18.1. The second-order valence-electron chi connectivity index (χ2n) is 6.51. The van der Waals surface area contributed by atoms with Crippen molar-refractivity contribution in [2.24, 2.45) is 0 Å². The predicted molar refractivity (Wildman–Crippen MR) is 98.0 cm³/mol. The summed E-state index contributed by atoms with van der Waals surface area (Å²) >= 11 is 0. The molecule has 0 saturated carbocycles. The fourth-order valence-electron chi connectivity index (χ4n) is 3.42. The third-order valence-electron chi connectivity index (χ3n) is 4.69. The van der Waals surface area contributed by atoms with Crippen LogP contribution in [0.2, 0.25) is 0 Å². The Morgan fingerprint density at radius 2 is 2.00 bits per heavy atom. The number of hydrogen-bond donors (Lipinski definition) is 1. The maximum absolute atomic E-state index is 4.74. The van der Waals surface area contributed by atoms with Crippen molar-refractivity contribution >= 4 is 16.7 Å². The van der Waals surface area contributed by atoms with Crippen LogP contribution in [0.5, 0.6) is 0 Å². The summed E-state index contributed by atoms with van der Waals surface area (Å²) in [7, 11) is 0. The summed E-state index contributed by atoms with van der Waals surface area (Å²) < 4.78 is 0. The summed E-state index contributed by atoms with van der Waals surface area (Å²) in [6.45, 7) is 5.23. The molecule has 1 saturated heterocycles. The lowest BCUT2D eigenvalue weighted by molar-refractivity contribution is 0.328. The SMILES string of the molecule is Cc1nccc2nc(NC3CCN(Cc4ccccc4)C3)ccc12. The molecule has 0 spiro atoms. The molecule has 0 radical (unpaired) electrons. The van der Waals surface area contributed by atoms with Crippen LogP contribution < -0.4 is 5.32 Å². The highest BCUT2D eigenvalue weighted by atomic mass is 15.2. The van der Waals surface area contributed by atoms with Gasteiger partial charge in [-0.2, -0.15) is 0 Å². The van der Waals surface area contributed by atoms with Gasteiger partial charge in [-0.05, 0) is 37.1 Å². The summed E-state index contributed by atoms with van der Waals surface area (Å²) in [5.74, 6) is 0.958. The monoisotopic (exact) mass is 318 g/mol. The number of nitrogens with one attached hydrogen (secondary N) is 1. The molecule has 3 aromatic rings. The van der Waals surface area contributed by atoms with E-state index < -0.39 is 0 Å². The maximum Gasteiger partial charge on any atom is 0.126 e. The molecule has 4 rings (SSSR count). The summed E-state index contributed by atoms with van der Waals surface area (Å²) in [5, 5.41) is 4.72. The topological polar surface area (TPSA) is 41.1 Å². The number of aryl methyl sites for hydroxylation is 1. The van der Waals surface area contributed by atoms with E-state index in [1.807, 2.05) is 19.2 Å². The number of pyridine rings is 2. The Morgan fingerprint density at radius 1 is 1.12 bits per heavy atom. The number of hydrogen-bond acceptors (Lipinski definition) is 4. The number of likely N-dealkylation sites (tertiary alicyclic amines) is 1. The van der Waals surface area contributed by atoms with Crippen molar-refractivity contribution in [1.82, 2.24) is 14.9 Å². The van der Waals surface area contributed by atoms with Gasteiger partial charge in [0.05, 0.1) is 5.52 Å². The van der Waals surface area contributed by atoms with Crippen molar-refractivity contribution in [3.63, 3.8) is 0 Å². The van der Waals surface area contributed by atoms with Crippen molar-refractivity contribution in [3.8, 4) is 0 Å². The smallest absolute Gasteiger partial charge is 0.126 e. The molecule has 4 heteroatoms. The van der Waals surface area contributed by atoms with E-state index >= 15 is 0 Å². The molecule has 4 nitrogen and oxygen atoms in total. The number of rotatable bonds is 4. The van der Waals surface area contributed by atoms with Gasteiger partial charge >= 0.3 is 0 Å². The largest absolute Gasteiger partial charge is 0.366 e. The molecule has 1 atom stereocenters. The summed E-state index contributed by atoms with van der Waals surface area (Å²) in [6.07, 6.45) is 2.98. The van der Waals surface area contributed by atoms with Gasteiger partial charge in [-0.25, -0.2) is 4.98 Å². The minimum Gasteiger partial charge on any atom is -0.366 e. The second kappa shape index (κ2) is 6.57. The molecule has 1 aliphatic heterocycles. The van der Waals surface area contributed by atoms with Gasteiger partial charge in [-0.3, -0.25) is 9.88 Å². The van der Waals surface area contributed by atoms with Crippen LogP contribution in [0.3, 0.4) is 0 Å². The van der Waals surface area contributed by atoms with Gasteiger partial charge in [0.15, 0.2) is 0 Å². The lowest BCUT2D eigenvalue weighted by atomic mass is 10.2. The Balaban J connectivity index is 1.41. The van der Waals surface area contributed by atoms with E-state index in [2.05, 4.69) is 57.7 Å². The van der Waals surface area contributed by atoms with Crippen molar-refractivity contribution in [2.75, 3.05) is 18.4 Å². The fraction of sp³-hybridized carbons (Fsp3) is 0.300. The standard InChI is InChI=1S/C20H22N4/c1-15-18-7-8-20(23-19(18)9-11-21-15)22-17-10-12-24(14-17)13-16-5-3-2-4-6-16/h2-9,11,17H,10,12-14H2,1H3,(H,22,23). The molecule has 1 unspecified atom stereocenters. The van der Waals surface area contributed by atoms with Crippen molar-refractivity contribution in [3.05, 3.63) is 66.0 Å². The summed E-state index contributed by atoms with van der Waals surface area (Å²) in [6, 6.07) is 17.3. The number of benzene rings is 1. The molecular weight excluding hydrogens is 296 g/mol. The minimum atomic E-state index is 0.460. The first-order valence-corrected chi connectivity index (χ1v) is 8.53. The van der Waals surface area contributed by atoms with Crippen molar-refractivity contribution < 1.29 is 0 Å². The van der Waals surface area contributed by atoms with Crippen LogP contribution in [0.1, 0.15) is 17.7 Å². The second-order valence-corrected chi connectivity index (χ2v) is 6.51. The van der Waals surface area contributed by atoms with Crippen LogP contribution in [0.25, 0.3) is 10.9 Å². The Labute approximate surface area is 142 Å². The molecule has 3 heterocycles. The van der Waals surface area contributed by atoms with Crippen LogP contribution in [-0.4, -0.2) is 34.0 Å². The first-order valence-electron chi connectivity index (χ1n) is 8.53. The number of aromatic nitrogens is 2. The van der Waals surface area contributed by atoms with E-state index in [1.54, 1.807) is 0 Å². The zero-order valence-corrected chi connectivity index (χ0v) is 13.9. The minimum absolute atomic E-state index is 0.460. The van der Waals surface area contributed by atoms with E-state index in [0.29, 0.717) is 6.04 Å². The van der Waals surface area contributed by atoms with Gasteiger partial charge in [0.1, 0.15) is 5.82 Å². The van der Waals surface area contributed by atoms with Crippen molar-refractivity contribution in [1.29, 1.82) is 0 Å². The molecule has 1 N–H and O–H groups in total. The molecular formula is C20H22N4. The molecule has 1 aliphatic rings. The summed E-state index contributed by atoms with van der Waals surface area (Å²) in [4.78, 5) is 11.6. The van der Waals surface area contributed by atoms with Crippen LogP contribution in [0.4, 0.5) is 5.82 Å². The fourth-order valence-corrected chi connectivity index (χ4v) is 3.42. The third kappa shape index (κ3) is 3.24. The lowest BCUT2D eigenvalue weighted by Crippen LogP contribution is -2.26. The molecule has 122 valence electrons. The third-order valence-corrected chi connectivity index (χ3v) is 4.69. The van der Waals surface area contributed by atoms with Gasteiger partial charge in [-0.15, -0.1) is 0 Å². The van der Waals surface area contributed by atoms with Gasteiger partial charge in [-0.1, -0.05) is 30.3 Å². The first kappa shape index (κ1) is 15.1. The van der Waals surface area contributed by atoms with E-state index in [9.17, 15) is 0 Å². The highest BCUT2D eigenvalue weighted by Gasteiger charge is 2.22. The Hall–Kier alpha value is -2.46. The average Bonchev–Trinajstić information content (AvgIpc) is 3.03. The number of fused-ring (bicyclic) bond motifs is 1. The molecule has 0 bridgehead atoms. The zero-order valence-electron chi connectivity index (χ0n) is 13.9. The van der Waals surface area contributed by atoms with Gasteiger partial charge in [0.25, 0.3) is 0 Å². The highest BCUT2D eigenvalue weighted by molar-refractivity contribution is 5.82. The zero-order chi connectivity index (χ0) is 16.4. The van der Waals surface area contributed by atoms with E-state index in [1.165, 1.54) is 5.56 Å². The van der Waals surface area contributed by atoms with E-state index in [-0.39, 0.29) is 0 Å². The average molecular weight is 318 g/mol. The first-order chi connectivity index (χ1) is 11.8. The molecule has 2 aromatic heterocycles. The van der Waals surface area contributed by atoms with E-state index in [4.69, 9.17) is 4.98 Å². The Bertz CT molecular complexity index is 831. The van der Waals surface area contributed by atoms with Crippen LogP contribution >= 0.6 is 0 Å². The molecule has 1 fully saturated rings. The predicted octanol–water partition coefficient (Wildman–Crippen LogP) is 3.62. The van der Waals surface area contributed by atoms with E-state index in [0.717, 1.165) is 48.5 Å².